The average Bonchev–Trinajstić information content (AvgIpc) is 3.15. The molecular weight excluding hydrogens is 444 g/mol. The number of rotatable bonds is 5. The van der Waals surface area contributed by atoms with Crippen LogP contribution in [0.3, 0.4) is 0 Å². The third-order valence-electron chi connectivity index (χ3n) is 9.58. The van der Waals surface area contributed by atoms with Crippen LogP contribution in [0.2, 0.25) is 0 Å². The fourth-order valence-electron chi connectivity index (χ4n) is 8.13. The first-order valence-electron chi connectivity index (χ1n) is 12.7. The van der Waals surface area contributed by atoms with Gasteiger partial charge in [0.2, 0.25) is 0 Å². The molecule has 8 atom stereocenters. The Morgan fingerprint density at radius 1 is 1.17 bits per heavy atom. The van der Waals surface area contributed by atoms with Crippen molar-refractivity contribution in [3.8, 4) is 0 Å². The Kier molecular flexibility index (Phi) is 6.09. The first-order valence-corrected chi connectivity index (χ1v) is 12.7. The minimum absolute atomic E-state index is 0.0123. The van der Waals surface area contributed by atoms with Crippen LogP contribution in [0.25, 0.3) is 0 Å². The van der Waals surface area contributed by atoms with Crippen molar-refractivity contribution in [1.82, 2.24) is 0 Å². The molecule has 1 aromatic carbocycles. The van der Waals surface area contributed by atoms with E-state index >= 15 is 0 Å². The number of hydrogen-bond acceptors (Lipinski definition) is 6. The molecule has 5 rings (SSSR count). The van der Waals surface area contributed by atoms with Gasteiger partial charge in [0.25, 0.3) is 0 Å². The monoisotopic (exact) mass is 478 g/mol. The fourth-order valence-corrected chi connectivity index (χ4v) is 8.13. The van der Waals surface area contributed by atoms with E-state index in [1.807, 2.05) is 43.3 Å². The van der Waals surface area contributed by atoms with Crippen molar-refractivity contribution in [2.24, 2.45) is 40.4 Å². The van der Waals surface area contributed by atoms with Crippen LogP contribution in [0.1, 0.15) is 45.1 Å². The van der Waals surface area contributed by atoms with Crippen LogP contribution >= 0.6 is 0 Å². The van der Waals surface area contributed by atoms with E-state index < -0.39 is 41.3 Å². The number of hydrogen-bond donors (Lipinski definition) is 2. The van der Waals surface area contributed by atoms with Crippen molar-refractivity contribution in [3.63, 3.8) is 0 Å². The lowest BCUT2D eigenvalue weighted by Gasteiger charge is -2.58. The van der Waals surface area contributed by atoms with Gasteiger partial charge in [-0.05, 0) is 60.6 Å². The van der Waals surface area contributed by atoms with Crippen LogP contribution in [0.15, 0.2) is 54.1 Å². The zero-order valence-corrected chi connectivity index (χ0v) is 20.4. The van der Waals surface area contributed by atoms with E-state index in [9.17, 15) is 24.6 Å². The molecule has 0 radical (unpaired) electrons. The summed E-state index contributed by atoms with van der Waals surface area (Å²) in [4.78, 5) is 38.4. The van der Waals surface area contributed by atoms with E-state index in [-0.39, 0.29) is 35.9 Å². The molecule has 186 valence electrons. The molecule has 6 heteroatoms. The molecule has 0 aliphatic heterocycles. The Balaban J connectivity index is 1.45. The second kappa shape index (κ2) is 8.82. The van der Waals surface area contributed by atoms with Crippen molar-refractivity contribution < 1.29 is 29.3 Å². The molecule has 4 aliphatic carbocycles. The lowest BCUT2D eigenvalue weighted by Crippen LogP contribution is -2.56. The van der Waals surface area contributed by atoms with Gasteiger partial charge in [0, 0.05) is 17.3 Å². The van der Waals surface area contributed by atoms with Crippen LogP contribution in [-0.2, 0) is 25.7 Å². The number of carbonyl (C=O) groups excluding carboxylic acids is 3. The van der Waals surface area contributed by atoms with Crippen LogP contribution in [0.4, 0.5) is 0 Å². The highest BCUT2D eigenvalue weighted by Crippen LogP contribution is 2.67. The summed E-state index contributed by atoms with van der Waals surface area (Å²) in [5, 5.41) is 21.3. The lowest BCUT2D eigenvalue weighted by molar-refractivity contribution is -0.157. The van der Waals surface area contributed by atoms with Crippen LogP contribution in [-0.4, -0.2) is 40.5 Å². The second-order valence-corrected chi connectivity index (χ2v) is 11.3. The standard InChI is InChI=1S/C29H34O6/c1-28-11-10-19(31)12-18(28)8-9-20-22-13-21(27(34)35-16-17-6-4-3-5-7-17)26(24(33)15-30)29(22,2)14-23(32)25(20)28/h3-7,10-12,20-23,25-26,30,32H,8-9,13-16H2,1-2H3/t20-,21+,22-,23-,25+,26?,28-,29-/m0/s1. The first-order chi connectivity index (χ1) is 16.7. The Hall–Kier alpha value is -2.57. The normalized spacial score (nSPS) is 39.8. The number of Topliss-reactive ketones (excluding diaryl/α,β-unsaturated/α-hetero) is 1. The van der Waals surface area contributed by atoms with Crippen LogP contribution < -0.4 is 0 Å². The number of esters is 1. The smallest absolute Gasteiger partial charge is 0.310 e. The number of fused-ring (bicyclic) bond motifs is 5. The predicted octanol–water partition coefficient (Wildman–Crippen LogP) is 3.41. The Bertz CT molecular complexity index is 1090. The third-order valence-corrected chi connectivity index (χ3v) is 9.58. The topological polar surface area (TPSA) is 101 Å². The summed E-state index contributed by atoms with van der Waals surface area (Å²) in [6.45, 7) is 3.61. The molecule has 0 amide bonds. The van der Waals surface area contributed by atoms with Gasteiger partial charge < -0.3 is 14.9 Å². The summed E-state index contributed by atoms with van der Waals surface area (Å²) in [6.07, 6.45) is 7.03. The molecular formula is C29H34O6. The van der Waals surface area contributed by atoms with Gasteiger partial charge in [0.1, 0.15) is 13.2 Å². The molecule has 0 saturated heterocycles. The molecule has 0 aromatic heterocycles. The van der Waals surface area contributed by atoms with E-state index in [0.29, 0.717) is 12.8 Å². The molecule has 4 aliphatic rings. The SMILES string of the molecule is C[C@]12C=CC(=O)C=C1CC[C@@H]1[C@@H]2[C@@H](O)C[C@]2(C)C(C(=O)CO)[C@H](C(=O)OCc3ccccc3)C[C@@H]12. The highest BCUT2D eigenvalue weighted by molar-refractivity contribution is 6.01. The van der Waals surface area contributed by atoms with Crippen molar-refractivity contribution in [2.45, 2.75) is 52.2 Å². The molecule has 1 aromatic rings. The summed E-state index contributed by atoms with van der Waals surface area (Å²) in [7, 11) is 0. The number of aliphatic hydroxyl groups excluding tert-OH is 2. The zero-order valence-electron chi connectivity index (χ0n) is 20.4. The van der Waals surface area contributed by atoms with Gasteiger partial charge in [0.05, 0.1) is 12.0 Å². The molecule has 3 saturated carbocycles. The molecule has 6 nitrogen and oxygen atoms in total. The van der Waals surface area contributed by atoms with Gasteiger partial charge in [0.15, 0.2) is 11.6 Å². The zero-order chi connectivity index (χ0) is 25.0. The van der Waals surface area contributed by atoms with Crippen molar-refractivity contribution >= 4 is 17.5 Å². The van der Waals surface area contributed by atoms with Gasteiger partial charge in [-0.2, -0.15) is 0 Å². The minimum Gasteiger partial charge on any atom is -0.461 e. The molecule has 2 N–H and O–H groups in total. The molecule has 35 heavy (non-hydrogen) atoms. The van der Waals surface area contributed by atoms with E-state index in [2.05, 4.69) is 6.92 Å². The van der Waals surface area contributed by atoms with Gasteiger partial charge in [-0.3, -0.25) is 14.4 Å². The Labute approximate surface area is 206 Å². The van der Waals surface area contributed by atoms with Crippen LogP contribution in [0.5, 0.6) is 0 Å². The van der Waals surface area contributed by atoms with Crippen molar-refractivity contribution in [3.05, 3.63) is 59.7 Å². The Morgan fingerprint density at radius 3 is 2.63 bits per heavy atom. The third kappa shape index (κ3) is 3.82. The summed E-state index contributed by atoms with van der Waals surface area (Å²) in [5.74, 6) is -2.06. The minimum atomic E-state index is -0.690. The van der Waals surface area contributed by atoms with E-state index in [1.165, 1.54) is 0 Å². The second-order valence-electron chi connectivity index (χ2n) is 11.3. The molecule has 0 bridgehead atoms. The maximum absolute atomic E-state index is 13.3. The van der Waals surface area contributed by atoms with Gasteiger partial charge >= 0.3 is 5.97 Å². The maximum atomic E-state index is 13.3. The maximum Gasteiger partial charge on any atom is 0.310 e. The number of ketones is 2. The van der Waals surface area contributed by atoms with E-state index in [0.717, 1.165) is 24.0 Å². The summed E-state index contributed by atoms with van der Waals surface area (Å²) in [5.41, 5.74) is 0.914. The predicted molar refractivity (Wildman–Crippen MR) is 129 cm³/mol. The number of ether oxygens (including phenoxy) is 1. The first kappa shape index (κ1) is 24.1. The van der Waals surface area contributed by atoms with E-state index in [1.54, 1.807) is 12.2 Å². The largest absolute Gasteiger partial charge is 0.461 e. The highest BCUT2D eigenvalue weighted by atomic mass is 16.5. The van der Waals surface area contributed by atoms with Gasteiger partial charge in [-0.25, -0.2) is 0 Å². The number of carbonyl (C=O) groups is 3. The van der Waals surface area contributed by atoms with Crippen molar-refractivity contribution in [1.29, 1.82) is 0 Å². The molecule has 3 fully saturated rings. The molecule has 1 unspecified atom stereocenters. The average molecular weight is 479 g/mol. The molecule has 0 heterocycles. The quantitative estimate of drug-likeness (QED) is 0.629. The summed E-state index contributed by atoms with van der Waals surface area (Å²) < 4.78 is 5.68. The van der Waals surface area contributed by atoms with Gasteiger partial charge in [-0.15, -0.1) is 0 Å². The Morgan fingerprint density at radius 2 is 1.91 bits per heavy atom. The summed E-state index contributed by atoms with van der Waals surface area (Å²) >= 11 is 0. The molecule has 0 spiro atoms. The number of allylic oxidation sites excluding steroid dienone is 4. The number of aliphatic hydroxyl groups is 2. The summed E-state index contributed by atoms with van der Waals surface area (Å²) in [6, 6.07) is 9.43. The fraction of sp³-hybridized carbons (Fsp3) is 0.552. The lowest BCUT2D eigenvalue weighted by atomic mass is 9.46. The van der Waals surface area contributed by atoms with Crippen molar-refractivity contribution in [2.75, 3.05) is 6.61 Å². The van der Waals surface area contributed by atoms with Gasteiger partial charge in [-0.1, -0.05) is 55.8 Å². The van der Waals surface area contributed by atoms with Crippen LogP contribution in [0, 0.1) is 40.4 Å². The number of benzene rings is 1. The highest BCUT2D eigenvalue weighted by Gasteiger charge is 2.66. The van der Waals surface area contributed by atoms with E-state index in [4.69, 9.17) is 4.74 Å².